The van der Waals surface area contributed by atoms with Crippen molar-refractivity contribution in [3.05, 3.63) is 59.4 Å². The fraction of sp³-hybridized carbons (Fsp3) is 0.133. The number of ether oxygens (including phenoxy) is 1. The lowest BCUT2D eigenvalue weighted by Crippen LogP contribution is -2.12. The van der Waals surface area contributed by atoms with Crippen molar-refractivity contribution >= 4 is 23.2 Å². The van der Waals surface area contributed by atoms with Gasteiger partial charge in [0, 0.05) is 23.2 Å². The molecule has 20 heavy (non-hydrogen) atoms. The van der Waals surface area contributed by atoms with Crippen LogP contribution in [0.1, 0.15) is 15.9 Å². The highest BCUT2D eigenvalue weighted by atomic mass is 35.5. The fourth-order valence-corrected chi connectivity index (χ4v) is 1.91. The zero-order chi connectivity index (χ0) is 14.5. The first-order valence-electron chi connectivity index (χ1n) is 5.94. The first-order valence-corrected chi connectivity index (χ1v) is 6.47. The molecule has 0 aromatic heterocycles. The molecule has 0 saturated heterocycles. The van der Waals surface area contributed by atoms with Crippen molar-refractivity contribution in [1.29, 1.82) is 0 Å². The molecular formula is C15H13ClFNO2. The van der Waals surface area contributed by atoms with Crippen LogP contribution < -0.4 is 10.1 Å². The second kappa shape index (κ2) is 6.39. The number of hydrogen-bond donors (Lipinski definition) is 1. The number of anilines is 1. The number of benzene rings is 2. The standard InChI is InChI=1S/C15H13ClFNO2/c1-20-14-6-5-12(8-13(14)17)18-15(19)11-4-2-3-10(7-11)9-16/h2-8H,9H2,1H3,(H,18,19). The lowest BCUT2D eigenvalue weighted by atomic mass is 10.1. The van der Waals surface area contributed by atoms with Gasteiger partial charge >= 0.3 is 0 Å². The lowest BCUT2D eigenvalue weighted by molar-refractivity contribution is 0.102. The van der Waals surface area contributed by atoms with Gasteiger partial charge in [-0.15, -0.1) is 11.6 Å². The Hall–Kier alpha value is -2.07. The summed E-state index contributed by atoms with van der Waals surface area (Å²) in [7, 11) is 1.38. The second-order valence-corrected chi connectivity index (χ2v) is 4.40. The summed E-state index contributed by atoms with van der Waals surface area (Å²) in [6.45, 7) is 0. The highest BCUT2D eigenvalue weighted by molar-refractivity contribution is 6.17. The predicted molar refractivity (Wildman–Crippen MR) is 76.9 cm³/mol. The summed E-state index contributed by atoms with van der Waals surface area (Å²) in [5.74, 6) is -0.383. The van der Waals surface area contributed by atoms with Gasteiger partial charge in [0.25, 0.3) is 5.91 Å². The minimum Gasteiger partial charge on any atom is -0.494 e. The minimum atomic E-state index is -0.528. The van der Waals surface area contributed by atoms with E-state index in [4.69, 9.17) is 16.3 Å². The van der Waals surface area contributed by atoms with Crippen molar-refractivity contribution in [2.45, 2.75) is 5.88 Å². The van der Waals surface area contributed by atoms with E-state index < -0.39 is 5.82 Å². The van der Waals surface area contributed by atoms with E-state index >= 15 is 0 Å². The molecule has 0 unspecified atom stereocenters. The van der Waals surface area contributed by atoms with Crippen molar-refractivity contribution in [2.24, 2.45) is 0 Å². The topological polar surface area (TPSA) is 38.3 Å². The van der Waals surface area contributed by atoms with Crippen LogP contribution in [-0.4, -0.2) is 13.0 Å². The van der Waals surface area contributed by atoms with Crippen LogP contribution in [0.5, 0.6) is 5.75 Å². The Morgan fingerprint density at radius 2 is 2.10 bits per heavy atom. The molecule has 3 nitrogen and oxygen atoms in total. The summed E-state index contributed by atoms with van der Waals surface area (Å²) < 4.78 is 18.3. The Morgan fingerprint density at radius 3 is 2.75 bits per heavy atom. The van der Waals surface area contributed by atoms with Crippen molar-refractivity contribution in [3.8, 4) is 5.75 Å². The maximum Gasteiger partial charge on any atom is 0.255 e. The van der Waals surface area contributed by atoms with Crippen molar-refractivity contribution in [2.75, 3.05) is 12.4 Å². The molecule has 0 aliphatic heterocycles. The normalized spacial score (nSPS) is 10.2. The van der Waals surface area contributed by atoms with Gasteiger partial charge in [0.1, 0.15) is 0 Å². The van der Waals surface area contributed by atoms with E-state index in [1.165, 1.54) is 19.2 Å². The van der Waals surface area contributed by atoms with Crippen LogP contribution in [0.25, 0.3) is 0 Å². The molecule has 2 rings (SSSR count). The van der Waals surface area contributed by atoms with E-state index in [0.29, 0.717) is 17.1 Å². The molecule has 0 fully saturated rings. The molecular weight excluding hydrogens is 281 g/mol. The van der Waals surface area contributed by atoms with Crippen LogP contribution in [0.3, 0.4) is 0 Å². The predicted octanol–water partition coefficient (Wildman–Crippen LogP) is 3.83. The largest absolute Gasteiger partial charge is 0.494 e. The number of rotatable bonds is 4. The van der Waals surface area contributed by atoms with Crippen molar-refractivity contribution in [1.82, 2.24) is 0 Å². The first kappa shape index (κ1) is 14.3. The quantitative estimate of drug-likeness (QED) is 0.870. The third kappa shape index (κ3) is 3.27. The van der Waals surface area contributed by atoms with Crippen LogP contribution in [-0.2, 0) is 5.88 Å². The number of amides is 1. The van der Waals surface area contributed by atoms with Gasteiger partial charge in [-0.1, -0.05) is 12.1 Å². The van der Waals surface area contributed by atoms with E-state index in [9.17, 15) is 9.18 Å². The summed E-state index contributed by atoms with van der Waals surface area (Å²) in [5, 5.41) is 2.62. The number of carbonyl (C=O) groups is 1. The fourth-order valence-electron chi connectivity index (χ4n) is 1.74. The van der Waals surface area contributed by atoms with Crippen LogP contribution in [0, 0.1) is 5.82 Å². The molecule has 0 heterocycles. The number of methoxy groups -OCH3 is 1. The van der Waals surface area contributed by atoms with Crippen LogP contribution in [0.4, 0.5) is 10.1 Å². The zero-order valence-corrected chi connectivity index (χ0v) is 11.6. The summed E-state index contributed by atoms with van der Waals surface area (Å²) in [6, 6.07) is 11.2. The molecule has 0 aliphatic carbocycles. The van der Waals surface area contributed by atoms with Crippen LogP contribution in [0.2, 0.25) is 0 Å². The number of nitrogens with one attached hydrogen (secondary N) is 1. The average molecular weight is 294 g/mol. The highest BCUT2D eigenvalue weighted by Gasteiger charge is 2.09. The first-order chi connectivity index (χ1) is 9.63. The maximum absolute atomic E-state index is 13.5. The molecule has 5 heteroatoms. The highest BCUT2D eigenvalue weighted by Crippen LogP contribution is 2.21. The van der Waals surface area contributed by atoms with E-state index in [1.807, 2.05) is 6.07 Å². The maximum atomic E-state index is 13.5. The summed E-state index contributed by atoms with van der Waals surface area (Å²) >= 11 is 5.72. The van der Waals surface area contributed by atoms with Crippen molar-refractivity contribution < 1.29 is 13.9 Å². The van der Waals surface area contributed by atoms with E-state index in [1.54, 1.807) is 24.3 Å². The number of hydrogen-bond acceptors (Lipinski definition) is 2. The Labute approximate surface area is 121 Å². The molecule has 0 saturated carbocycles. The van der Waals surface area contributed by atoms with Gasteiger partial charge in [-0.25, -0.2) is 4.39 Å². The molecule has 2 aromatic carbocycles. The minimum absolute atomic E-state index is 0.132. The second-order valence-electron chi connectivity index (χ2n) is 4.14. The molecule has 1 amide bonds. The molecule has 1 N–H and O–H groups in total. The molecule has 104 valence electrons. The van der Waals surface area contributed by atoms with Crippen LogP contribution in [0.15, 0.2) is 42.5 Å². The zero-order valence-electron chi connectivity index (χ0n) is 10.8. The van der Waals surface area contributed by atoms with E-state index in [0.717, 1.165) is 5.56 Å². The monoisotopic (exact) mass is 293 g/mol. The van der Waals surface area contributed by atoms with E-state index in [2.05, 4.69) is 5.32 Å². The van der Waals surface area contributed by atoms with Gasteiger partial charge in [-0.3, -0.25) is 4.79 Å². The summed E-state index contributed by atoms with van der Waals surface area (Å²) in [6.07, 6.45) is 0. The van der Waals surface area contributed by atoms with Gasteiger partial charge in [0.15, 0.2) is 11.6 Å². The van der Waals surface area contributed by atoms with Gasteiger partial charge in [-0.05, 0) is 29.8 Å². The molecule has 0 bridgehead atoms. The Balaban J connectivity index is 2.16. The number of carbonyl (C=O) groups excluding carboxylic acids is 1. The summed E-state index contributed by atoms with van der Waals surface area (Å²) in [4.78, 5) is 12.0. The number of alkyl halides is 1. The Kier molecular flexibility index (Phi) is 4.58. The third-order valence-electron chi connectivity index (χ3n) is 2.75. The SMILES string of the molecule is COc1ccc(NC(=O)c2cccc(CCl)c2)cc1F. The average Bonchev–Trinajstić information content (AvgIpc) is 2.47. The third-order valence-corrected chi connectivity index (χ3v) is 3.06. The molecule has 0 radical (unpaired) electrons. The summed E-state index contributed by atoms with van der Waals surface area (Å²) in [5.41, 5.74) is 1.68. The number of halogens is 2. The molecule has 0 spiro atoms. The van der Waals surface area contributed by atoms with Crippen LogP contribution >= 0.6 is 11.6 Å². The molecule has 0 atom stereocenters. The molecule has 0 aliphatic rings. The van der Waals surface area contributed by atoms with Gasteiger partial charge in [0.2, 0.25) is 0 Å². The smallest absolute Gasteiger partial charge is 0.255 e. The molecule has 2 aromatic rings. The Morgan fingerprint density at radius 1 is 1.30 bits per heavy atom. The van der Waals surface area contributed by atoms with E-state index in [-0.39, 0.29) is 11.7 Å². The van der Waals surface area contributed by atoms with Gasteiger partial charge < -0.3 is 10.1 Å². The Bertz CT molecular complexity index is 631. The van der Waals surface area contributed by atoms with Gasteiger partial charge in [0.05, 0.1) is 7.11 Å². The lowest BCUT2D eigenvalue weighted by Gasteiger charge is -2.08. The van der Waals surface area contributed by atoms with Crippen molar-refractivity contribution in [3.63, 3.8) is 0 Å². The van der Waals surface area contributed by atoms with Gasteiger partial charge in [-0.2, -0.15) is 0 Å².